The molecule has 0 aromatic carbocycles. The molecule has 1 aliphatic rings. The van der Waals surface area contributed by atoms with Gasteiger partial charge in [0, 0.05) is 12.7 Å². The largest absolute Gasteiger partial charge is 0.388 e. The first-order valence-corrected chi connectivity index (χ1v) is 6.15. The van der Waals surface area contributed by atoms with E-state index in [0.717, 1.165) is 18.5 Å². The molecule has 1 aromatic rings. The predicted molar refractivity (Wildman–Crippen MR) is 66.4 cm³/mol. The van der Waals surface area contributed by atoms with Crippen LogP contribution in [0.25, 0.3) is 0 Å². The number of halogens is 2. The number of hydrogen-bond acceptors (Lipinski definition) is 4. The number of piperidine rings is 1. The Hall–Kier alpha value is -0.390. The Labute approximate surface area is 110 Å². The highest BCUT2D eigenvalue weighted by molar-refractivity contribution is 6.32. The summed E-state index contributed by atoms with van der Waals surface area (Å²) in [5.74, 6) is 0. The van der Waals surface area contributed by atoms with Crippen molar-refractivity contribution in [2.75, 3.05) is 13.7 Å². The Morgan fingerprint density at radius 1 is 1.47 bits per heavy atom. The first kappa shape index (κ1) is 13.1. The van der Waals surface area contributed by atoms with Crippen molar-refractivity contribution in [3.05, 3.63) is 28.0 Å². The Kier molecular flexibility index (Phi) is 4.22. The van der Waals surface area contributed by atoms with Gasteiger partial charge in [0.05, 0.1) is 18.2 Å². The van der Waals surface area contributed by atoms with Gasteiger partial charge in [0.1, 0.15) is 10.3 Å². The van der Waals surface area contributed by atoms with Crippen molar-refractivity contribution in [1.82, 2.24) is 10.3 Å². The van der Waals surface area contributed by atoms with Gasteiger partial charge in [0.25, 0.3) is 0 Å². The molecule has 0 bridgehead atoms. The predicted octanol–water partition coefficient (Wildman–Crippen LogP) is 1.80. The lowest BCUT2D eigenvalue weighted by atomic mass is 9.93. The van der Waals surface area contributed by atoms with E-state index in [4.69, 9.17) is 27.9 Å². The molecule has 2 rings (SSSR count). The molecule has 1 aromatic heterocycles. The van der Waals surface area contributed by atoms with Crippen LogP contribution in [0.2, 0.25) is 10.3 Å². The number of methoxy groups -OCH3 is 1. The first-order valence-electron chi connectivity index (χ1n) is 5.39. The van der Waals surface area contributed by atoms with E-state index < -0.39 is 6.10 Å². The summed E-state index contributed by atoms with van der Waals surface area (Å²) in [6.07, 6.45) is -0.0606. The third-order valence-electron chi connectivity index (χ3n) is 3.00. The van der Waals surface area contributed by atoms with Crippen LogP contribution in [0.5, 0.6) is 0 Å². The maximum atomic E-state index is 10.2. The number of pyridine rings is 1. The molecule has 2 N–H and O–H groups in total. The zero-order valence-corrected chi connectivity index (χ0v) is 10.9. The molecular formula is C11H14Cl2N2O2. The number of rotatable bonds is 2. The van der Waals surface area contributed by atoms with Crippen molar-refractivity contribution in [3.63, 3.8) is 0 Å². The number of nitrogens with zero attached hydrogens (tertiary/aromatic N) is 1. The summed E-state index contributed by atoms with van der Waals surface area (Å²) in [4.78, 5) is 3.97. The number of ether oxygens (including phenoxy) is 1. The zero-order chi connectivity index (χ0) is 12.4. The lowest BCUT2D eigenvalue weighted by Gasteiger charge is -2.35. The maximum Gasteiger partial charge on any atom is 0.135 e. The van der Waals surface area contributed by atoms with E-state index in [2.05, 4.69) is 10.3 Å². The Morgan fingerprint density at radius 3 is 2.88 bits per heavy atom. The second-order valence-electron chi connectivity index (χ2n) is 4.00. The summed E-state index contributed by atoms with van der Waals surface area (Å²) in [7, 11) is 1.60. The average molecular weight is 277 g/mol. The Balaban J connectivity index is 2.26. The minimum Gasteiger partial charge on any atom is -0.388 e. The van der Waals surface area contributed by atoms with E-state index in [9.17, 15) is 5.11 Å². The van der Waals surface area contributed by atoms with Crippen LogP contribution in [0.1, 0.15) is 18.0 Å². The van der Waals surface area contributed by atoms with E-state index in [1.807, 2.05) is 0 Å². The minimum absolute atomic E-state index is 0.187. The molecule has 0 amide bonds. The van der Waals surface area contributed by atoms with Gasteiger partial charge in [0.15, 0.2) is 0 Å². The molecule has 3 atom stereocenters. The summed E-state index contributed by atoms with van der Waals surface area (Å²) < 4.78 is 5.24. The SMILES string of the molecule is CO[C@@H]1CCN[C@H](c2ccc(Cl)nc2Cl)[C@@H]1O. The van der Waals surface area contributed by atoms with Crippen molar-refractivity contribution >= 4 is 23.2 Å². The number of nitrogens with one attached hydrogen (secondary N) is 1. The quantitative estimate of drug-likeness (QED) is 0.809. The standard InChI is InChI=1S/C11H14Cl2N2O2/c1-17-7-4-5-14-9(10(7)16)6-2-3-8(12)15-11(6)13/h2-3,7,9-10,14,16H,4-5H2,1H3/t7-,9-,10-/m1/s1. The smallest absolute Gasteiger partial charge is 0.135 e. The van der Waals surface area contributed by atoms with Crippen LogP contribution in [0.3, 0.4) is 0 Å². The van der Waals surface area contributed by atoms with Crippen LogP contribution in [0.4, 0.5) is 0 Å². The average Bonchev–Trinajstić information content (AvgIpc) is 2.30. The molecule has 0 unspecified atom stereocenters. The molecule has 1 saturated heterocycles. The summed E-state index contributed by atoms with van der Waals surface area (Å²) in [6, 6.07) is 3.16. The fourth-order valence-electron chi connectivity index (χ4n) is 2.09. The molecule has 0 radical (unpaired) electrons. The van der Waals surface area contributed by atoms with Crippen LogP contribution in [-0.2, 0) is 4.74 Å². The van der Waals surface area contributed by atoms with E-state index >= 15 is 0 Å². The highest BCUT2D eigenvalue weighted by Gasteiger charge is 2.33. The van der Waals surface area contributed by atoms with Crippen LogP contribution >= 0.6 is 23.2 Å². The molecule has 17 heavy (non-hydrogen) atoms. The fraction of sp³-hybridized carbons (Fsp3) is 0.545. The number of aliphatic hydroxyl groups is 1. The molecule has 4 nitrogen and oxygen atoms in total. The van der Waals surface area contributed by atoms with Crippen molar-refractivity contribution in [2.24, 2.45) is 0 Å². The third-order valence-corrected chi connectivity index (χ3v) is 3.51. The second-order valence-corrected chi connectivity index (χ2v) is 4.74. The molecule has 0 spiro atoms. The number of aromatic nitrogens is 1. The summed E-state index contributed by atoms with van der Waals surface area (Å²) in [6.45, 7) is 0.763. The molecule has 1 fully saturated rings. The lowest BCUT2D eigenvalue weighted by Crippen LogP contribution is -2.47. The summed E-state index contributed by atoms with van der Waals surface area (Å²) in [5, 5.41) is 14.0. The normalized spacial score (nSPS) is 29.3. The van der Waals surface area contributed by atoms with Gasteiger partial charge in [-0.2, -0.15) is 0 Å². The van der Waals surface area contributed by atoms with Crippen LogP contribution < -0.4 is 5.32 Å². The van der Waals surface area contributed by atoms with Gasteiger partial charge in [-0.05, 0) is 19.0 Å². The van der Waals surface area contributed by atoms with Crippen molar-refractivity contribution in [1.29, 1.82) is 0 Å². The minimum atomic E-state index is -0.644. The molecule has 2 heterocycles. The molecule has 1 aliphatic heterocycles. The third kappa shape index (κ3) is 2.72. The van der Waals surface area contributed by atoms with E-state index in [1.54, 1.807) is 19.2 Å². The molecule has 94 valence electrons. The summed E-state index contributed by atoms with van der Waals surface area (Å²) in [5.41, 5.74) is 0.741. The number of hydrogen-bond donors (Lipinski definition) is 2. The van der Waals surface area contributed by atoms with Gasteiger partial charge >= 0.3 is 0 Å². The van der Waals surface area contributed by atoms with E-state index in [-0.39, 0.29) is 12.1 Å². The highest BCUT2D eigenvalue weighted by atomic mass is 35.5. The van der Waals surface area contributed by atoms with Crippen LogP contribution in [0.15, 0.2) is 12.1 Å². The molecule has 0 aliphatic carbocycles. The van der Waals surface area contributed by atoms with E-state index in [1.165, 1.54) is 0 Å². The molecular weight excluding hydrogens is 263 g/mol. The van der Waals surface area contributed by atoms with Crippen molar-refractivity contribution < 1.29 is 9.84 Å². The topological polar surface area (TPSA) is 54.4 Å². The molecule has 0 saturated carbocycles. The zero-order valence-electron chi connectivity index (χ0n) is 9.36. The van der Waals surface area contributed by atoms with Gasteiger partial charge in [-0.25, -0.2) is 4.98 Å². The van der Waals surface area contributed by atoms with Gasteiger partial charge < -0.3 is 15.2 Å². The van der Waals surface area contributed by atoms with Crippen molar-refractivity contribution in [2.45, 2.75) is 24.7 Å². The van der Waals surface area contributed by atoms with Gasteiger partial charge in [-0.3, -0.25) is 0 Å². The summed E-state index contributed by atoms with van der Waals surface area (Å²) >= 11 is 11.8. The number of aliphatic hydroxyl groups excluding tert-OH is 1. The van der Waals surface area contributed by atoms with Gasteiger partial charge in [-0.15, -0.1) is 0 Å². The second kappa shape index (κ2) is 5.50. The Bertz CT molecular complexity index is 403. The van der Waals surface area contributed by atoms with Crippen LogP contribution in [0, 0.1) is 0 Å². The highest BCUT2D eigenvalue weighted by Crippen LogP contribution is 2.30. The van der Waals surface area contributed by atoms with E-state index in [0.29, 0.717) is 10.3 Å². The van der Waals surface area contributed by atoms with Crippen LogP contribution in [-0.4, -0.2) is 36.0 Å². The maximum absolute atomic E-state index is 10.2. The van der Waals surface area contributed by atoms with Crippen molar-refractivity contribution in [3.8, 4) is 0 Å². The monoisotopic (exact) mass is 276 g/mol. The molecule has 6 heteroatoms. The fourth-order valence-corrected chi connectivity index (χ4v) is 2.56. The van der Waals surface area contributed by atoms with Gasteiger partial charge in [0.2, 0.25) is 0 Å². The van der Waals surface area contributed by atoms with Gasteiger partial charge in [-0.1, -0.05) is 29.3 Å². The lowest BCUT2D eigenvalue weighted by molar-refractivity contribution is -0.0511. The first-order chi connectivity index (χ1) is 8.13. The Morgan fingerprint density at radius 2 is 2.24 bits per heavy atom.